The first-order valence-corrected chi connectivity index (χ1v) is 20.5. The second-order valence-electron chi connectivity index (χ2n) is 16.9. The Morgan fingerprint density at radius 3 is 2.16 bits per heavy atom. The molecule has 13 heteroatoms. The summed E-state index contributed by atoms with van der Waals surface area (Å²) in [6, 6.07) is 15.3. The Morgan fingerprint density at radius 2 is 1.54 bits per heavy atom. The average molecular weight is 788 g/mol. The van der Waals surface area contributed by atoms with Crippen LogP contribution in [0.3, 0.4) is 0 Å². The highest BCUT2D eigenvalue weighted by Gasteiger charge is 2.47. The molecule has 4 fully saturated rings. The molecule has 294 valence electrons. The molecule has 1 unspecified atom stereocenters. The van der Waals surface area contributed by atoms with Crippen molar-refractivity contribution in [1.29, 1.82) is 0 Å². The van der Waals surface area contributed by atoms with Gasteiger partial charge in [-0.25, -0.2) is 4.85 Å². The van der Waals surface area contributed by atoms with E-state index in [1.165, 1.54) is 0 Å². The predicted octanol–water partition coefficient (Wildman–Crippen LogP) is 6.11. The van der Waals surface area contributed by atoms with Crippen molar-refractivity contribution < 1.29 is 24.0 Å². The number of rotatable bonds is 5. The van der Waals surface area contributed by atoms with E-state index in [0.29, 0.717) is 59.6 Å². The van der Waals surface area contributed by atoms with Crippen LogP contribution in [0.25, 0.3) is 4.85 Å². The molecule has 0 aliphatic carbocycles. The summed E-state index contributed by atoms with van der Waals surface area (Å²) in [5.41, 5.74) is 7.36. The van der Waals surface area contributed by atoms with E-state index in [-0.39, 0.29) is 30.2 Å². The van der Waals surface area contributed by atoms with Gasteiger partial charge < -0.3 is 14.7 Å². The summed E-state index contributed by atoms with van der Waals surface area (Å²) in [5.74, 6) is -1.91. The van der Waals surface area contributed by atoms with Gasteiger partial charge in [-0.3, -0.25) is 39.1 Å². The van der Waals surface area contributed by atoms with Crippen molar-refractivity contribution in [1.82, 2.24) is 20.0 Å². The lowest BCUT2D eigenvalue weighted by atomic mass is 9.76. The number of anilines is 2. The molecule has 0 bridgehead atoms. The summed E-state index contributed by atoms with van der Waals surface area (Å²) < 4.78 is 0. The largest absolute Gasteiger partial charge is 0.371 e. The quantitative estimate of drug-likeness (QED) is 0.244. The van der Waals surface area contributed by atoms with Crippen LogP contribution in [-0.4, -0.2) is 95.1 Å². The first kappa shape index (κ1) is 37.3. The van der Waals surface area contributed by atoms with Gasteiger partial charge >= 0.3 is 0 Å². The van der Waals surface area contributed by atoms with Gasteiger partial charge in [0.1, 0.15) is 6.04 Å². The second-order valence-corrected chi connectivity index (χ2v) is 17.3. The highest BCUT2D eigenvalue weighted by molar-refractivity contribution is 6.34. The molecular formula is C44H46ClN7O5. The molecule has 6 aliphatic rings. The molecule has 12 nitrogen and oxygen atoms in total. The molecule has 4 saturated heterocycles. The fourth-order valence-corrected chi connectivity index (χ4v) is 10.6. The number of carbonyl (C=O) groups is 5. The molecular weight excluding hydrogens is 742 g/mol. The van der Waals surface area contributed by atoms with E-state index in [1.54, 1.807) is 12.1 Å². The molecule has 3 aromatic carbocycles. The highest BCUT2D eigenvalue weighted by atomic mass is 35.5. The van der Waals surface area contributed by atoms with E-state index >= 15 is 0 Å². The van der Waals surface area contributed by atoms with E-state index < -0.39 is 29.7 Å². The third-order valence-electron chi connectivity index (χ3n) is 13.6. The summed E-state index contributed by atoms with van der Waals surface area (Å²) >= 11 is 6.55. The normalized spacial score (nSPS) is 23.6. The van der Waals surface area contributed by atoms with Crippen molar-refractivity contribution in [2.45, 2.75) is 90.0 Å². The van der Waals surface area contributed by atoms with E-state index in [4.69, 9.17) is 18.2 Å². The molecule has 6 heterocycles. The lowest BCUT2D eigenvalue weighted by Gasteiger charge is -2.40. The van der Waals surface area contributed by atoms with Gasteiger partial charge in [-0.1, -0.05) is 17.7 Å². The number of halogens is 1. The zero-order valence-corrected chi connectivity index (χ0v) is 33.1. The molecule has 9 rings (SSSR count). The Kier molecular flexibility index (Phi) is 9.36. The lowest BCUT2D eigenvalue weighted by Crippen LogP contribution is -2.54. The minimum Gasteiger partial charge on any atom is -0.371 e. The second kappa shape index (κ2) is 14.3. The van der Waals surface area contributed by atoms with Crippen LogP contribution in [0.4, 0.5) is 17.1 Å². The van der Waals surface area contributed by atoms with Crippen molar-refractivity contribution in [3.8, 4) is 0 Å². The van der Waals surface area contributed by atoms with Gasteiger partial charge in [-0.05, 0) is 117 Å². The summed E-state index contributed by atoms with van der Waals surface area (Å²) in [4.78, 5) is 78.3. The summed E-state index contributed by atoms with van der Waals surface area (Å²) in [5, 5.41) is 2.80. The zero-order chi connectivity index (χ0) is 39.7. The number of hydrogen-bond acceptors (Lipinski definition) is 8. The first-order chi connectivity index (χ1) is 27.4. The van der Waals surface area contributed by atoms with Gasteiger partial charge in [0.15, 0.2) is 0 Å². The number of carbonyl (C=O) groups excluding carboxylic acids is 5. The van der Waals surface area contributed by atoms with Gasteiger partial charge in [0.25, 0.3) is 17.7 Å². The molecule has 2 atom stereocenters. The number of amides is 5. The van der Waals surface area contributed by atoms with E-state index in [9.17, 15) is 24.0 Å². The Bertz CT molecular complexity index is 2210. The van der Waals surface area contributed by atoms with Crippen LogP contribution in [-0.2, 0) is 22.7 Å². The summed E-state index contributed by atoms with van der Waals surface area (Å²) in [7, 11) is 0. The standard InChI is InChI=1S/C44H46ClN7O5/c1-26-22-44(25-51(26)36-9-8-35(46-3)39(45)27(36)2)14-18-48(19-15-44)31-6-4-28(5-7-31)41(55)49-16-12-32(13-17-49)50-23-29-20-33-34(21-30(29)24-50)43(57)52(42(33)56)37-10-11-38(53)47-40(37)54/h4-9,20-21,26,32,37H,10-19,22-25H2,1-2H3,(H,47,53,54)/t26-,37?/m0/s1. The van der Waals surface area contributed by atoms with Gasteiger partial charge in [-0.15, -0.1) is 0 Å². The number of likely N-dealkylation sites (tertiary alicyclic amines) is 1. The van der Waals surface area contributed by atoms with E-state index in [2.05, 4.69) is 50.0 Å². The molecule has 1 spiro atoms. The van der Waals surface area contributed by atoms with E-state index in [1.807, 2.05) is 30.0 Å². The molecule has 5 amide bonds. The van der Waals surface area contributed by atoms with Crippen molar-refractivity contribution in [2.75, 3.05) is 42.5 Å². The maximum atomic E-state index is 13.6. The summed E-state index contributed by atoms with van der Waals surface area (Å²) in [6.45, 7) is 17.3. The van der Waals surface area contributed by atoms with Gasteiger partial charge in [-0.2, -0.15) is 0 Å². The van der Waals surface area contributed by atoms with Crippen LogP contribution in [0.15, 0.2) is 48.5 Å². The fraction of sp³-hybridized carbons (Fsp3) is 0.455. The highest BCUT2D eigenvalue weighted by Crippen LogP contribution is 2.47. The van der Waals surface area contributed by atoms with Crippen molar-refractivity contribution in [3.63, 3.8) is 0 Å². The van der Waals surface area contributed by atoms with Gasteiger partial charge in [0, 0.05) is 81.3 Å². The number of imide groups is 2. The molecule has 0 radical (unpaired) electrons. The first-order valence-electron chi connectivity index (χ1n) is 20.1. The zero-order valence-electron chi connectivity index (χ0n) is 32.4. The monoisotopic (exact) mass is 787 g/mol. The van der Waals surface area contributed by atoms with Crippen molar-refractivity contribution >= 4 is 58.2 Å². The summed E-state index contributed by atoms with van der Waals surface area (Å²) in [6.07, 6.45) is 5.23. The third kappa shape index (κ3) is 6.45. The number of hydrogen-bond donors (Lipinski definition) is 1. The SMILES string of the molecule is [C-]#[N+]c1ccc(N2CC3(CCN(c4ccc(C(=O)N5CCC(N6Cc7cc8c(cc7C6)C(=O)N(C6CCC(=O)NC6=O)C8=O)CC5)cc4)CC3)C[C@@H]2C)c(C)c1Cl. The van der Waals surface area contributed by atoms with E-state index in [0.717, 1.165) is 84.7 Å². The number of nitrogens with zero attached hydrogens (tertiary/aromatic N) is 6. The maximum absolute atomic E-state index is 13.6. The van der Waals surface area contributed by atoms with Gasteiger partial charge in [0.2, 0.25) is 17.5 Å². The molecule has 0 aromatic heterocycles. The van der Waals surface area contributed by atoms with Crippen molar-refractivity contribution in [2.24, 2.45) is 5.41 Å². The fourth-order valence-electron chi connectivity index (χ4n) is 10.4. The molecule has 1 N–H and O–H groups in total. The third-order valence-corrected chi connectivity index (χ3v) is 14.1. The van der Waals surface area contributed by atoms with Gasteiger partial charge in [0.05, 0.1) is 22.7 Å². The Labute approximate surface area is 337 Å². The molecule has 57 heavy (non-hydrogen) atoms. The Balaban J connectivity index is 0.769. The maximum Gasteiger partial charge on any atom is 0.262 e. The van der Waals surface area contributed by atoms with Crippen LogP contribution < -0.4 is 15.1 Å². The number of fused-ring (bicyclic) bond motifs is 2. The van der Waals surface area contributed by atoms with Crippen LogP contribution in [0, 0.1) is 18.9 Å². The minimum absolute atomic E-state index is 0.0520. The number of piperidine rings is 3. The smallest absolute Gasteiger partial charge is 0.262 e. The molecule has 3 aromatic rings. The molecule has 6 aliphatic heterocycles. The lowest BCUT2D eigenvalue weighted by molar-refractivity contribution is -0.136. The van der Waals surface area contributed by atoms with Crippen molar-refractivity contribution in [3.05, 3.63) is 98.4 Å². The Hall–Kier alpha value is -5.25. The minimum atomic E-state index is -0.974. The predicted molar refractivity (Wildman–Crippen MR) is 215 cm³/mol. The average Bonchev–Trinajstić information content (AvgIpc) is 3.85. The van der Waals surface area contributed by atoms with Crippen LogP contribution in [0.2, 0.25) is 5.02 Å². The Morgan fingerprint density at radius 1 is 0.895 bits per heavy atom. The number of nitrogens with one attached hydrogen (secondary N) is 1. The van der Waals surface area contributed by atoms with Crippen LogP contribution in [0.5, 0.6) is 0 Å². The van der Waals surface area contributed by atoms with Crippen LogP contribution >= 0.6 is 11.6 Å². The topological polar surface area (TPSA) is 118 Å². The van der Waals surface area contributed by atoms with Crippen LogP contribution in [0.1, 0.15) is 99.6 Å². The number of benzene rings is 3. The molecule has 0 saturated carbocycles.